The largest absolute Gasteiger partial charge is 0.504 e. The number of allylic oxidation sites excluding steroid dienone is 1. The van der Waals surface area contributed by atoms with Gasteiger partial charge in [0, 0.05) is 0 Å². The van der Waals surface area contributed by atoms with Gasteiger partial charge in [0.05, 0.1) is 39.1 Å². The summed E-state index contributed by atoms with van der Waals surface area (Å²) in [5.74, 6) is -0.112. The van der Waals surface area contributed by atoms with Gasteiger partial charge in [-0.15, -0.1) is 0 Å². The zero-order valence-electron chi connectivity index (χ0n) is 18.2. The molecule has 0 spiro atoms. The summed E-state index contributed by atoms with van der Waals surface area (Å²) in [5, 5.41) is 10.1. The summed E-state index contributed by atoms with van der Waals surface area (Å²) < 4.78 is 13.1. The molecule has 0 aliphatic carbocycles. The molecule has 3 aromatic rings. The van der Waals surface area contributed by atoms with E-state index in [0.29, 0.717) is 35.5 Å². The molecule has 0 fully saturated rings. The zero-order valence-corrected chi connectivity index (χ0v) is 21.1. The van der Waals surface area contributed by atoms with Crippen LogP contribution in [-0.4, -0.2) is 29.4 Å². The van der Waals surface area contributed by atoms with Gasteiger partial charge in [-0.05, 0) is 65.8 Å². The fourth-order valence-corrected chi connectivity index (χ4v) is 5.40. The Kier molecular flexibility index (Phi) is 6.71. The maximum Gasteiger partial charge on any atom is 0.338 e. The normalized spacial score (nSPS) is 15.8. The van der Waals surface area contributed by atoms with Crippen LogP contribution in [0.15, 0.2) is 63.5 Å². The number of thiazole rings is 1. The molecule has 170 valence electrons. The number of rotatable bonds is 5. The summed E-state index contributed by atoms with van der Waals surface area (Å²) in [7, 11) is 1.47. The average Bonchev–Trinajstić information content (AvgIpc) is 3.10. The van der Waals surface area contributed by atoms with E-state index >= 15 is 0 Å². The molecule has 2 aromatic carbocycles. The zero-order chi connectivity index (χ0) is 23.7. The predicted octanol–water partition coefficient (Wildman–Crippen LogP) is 3.12. The van der Waals surface area contributed by atoms with Gasteiger partial charge in [-0.1, -0.05) is 41.7 Å². The smallest absolute Gasteiger partial charge is 0.338 e. The van der Waals surface area contributed by atoms with Crippen molar-refractivity contribution in [3.05, 3.63) is 88.1 Å². The van der Waals surface area contributed by atoms with Crippen molar-refractivity contribution < 1.29 is 19.4 Å². The minimum Gasteiger partial charge on any atom is -0.504 e. The summed E-state index contributed by atoms with van der Waals surface area (Å²) in [6, 6.07) is 12.2. The Balaban J connectivity index is 1.95. The summed E-state index contributed by atoms with van der Waals surface area (Å²) in [6.45, 7) is 3.73. The van der Waals surface area contributed by atoms with Gasteiger partial charge in [0.1, 0.15) is 0 Å². The van der Waals surface area contributed by atoms with Crippen molar-refractivity contribution in [1.82, 2.24) is 4.57 Å². The average molecular weight is 576 g/mol. The third kappa shape index (κ3) is 4.34. The van der Waals surface area contributed by atoms with Crippen LogP contribution in [0.2, 0.25) is 0 Å². The van der Waals surface area contributed by atoms with E-state index < -0.39 is 12.0 Å². The number of fused-ring (bicyclic) bond motifs is 1. The molecule has 1 unspecified atom stereocenters. The van der Waals surface area contributed by atoms with Crippen molar-refractivity contribution in [2.45, 2.75) is 19.9 Å². The lowest BCUT2D eigenvalue weighted by Crippen LogP contribution is -2.39. The number of halogens is 1. The van der Waals surface area contributed by atoms with Crippen molar-refractivity contribution in [2.24, 2.45) is 4.99 Å². The highest BCUT2D eigenvalue weighted by atomic mass is 127. The number of nitrogens with zero attached hydrogens (tertiary/aromatic N) is 2. The second kappa shape index (κ2) is 9.52. The van der Waals surface area contributed by atoms with E-state index in [2.05, 4.69) is 4.99 Å². The van der Waals surface area contributed by atoms with Gasteiger partial charge in [0.25, 0.3) is 5.56 Å². The van der Waals surface area contributed by atoms with Crippen LogP contribution in [-0.2, 0) is 9.53 Å². The number of phenolic OH excluding ortho intramolecular Hbond substituents is 1. The molecule has 1 aromatic heterocycles. The first-order valence-electron chi connectivity index (χ1n) is 10.2. The Morgan fingerprint density at radius 1 is 1.30 bits per heavy atom. The second-order valence-electron chi connectivity index (χ2n) is 7.27. The monoisotopic (exact) mass is 576 g/mol. The van der Waals surface area contributed by atoms with Crippen molar-refractivity contribution in [3.63, 3.8) is 0 Å². The lowest BCUT2D eigenvalue weighted by molar-refractivity contribution is -0.139. The molecule has 33 heavy (non-hydrogen) atoms. The topological polar surface area (TPSA) is 90.1 Å². The maximum absolute atomic E-state index is 13.6. The number of carbonyl (C=O) groups is 1. The summed E-state index contributed by atoms with van der Waals surface area (Å²) in [5.41, 5.74) is 2.11. The SMILES string of the molecule is CCOC(=O)C1=C(C)N=c2sc(=Cc3cc(I)c(O)c(OC)c3)c(=O)n2C1c1ccccc1. The Morgan fingerprint density at radius 3 is 2.70 bits per heavy atom. The molecular weight excluding hydrogens is 555 g/mol. The lowest BCUT2D eigenvalue weighted by Gasteiger charge is -2.24. The third-order valence-electron chi connectivity index (χ3n) is 5.20. The fraction of sp³-hybridized carbons (Fsp3) is 0.208. The maximum atomic E-state index is 13.6. The van der Waals surface area contributed by atoms with E-state index in [-0.39, 0.29) is 17.9 Å². The molecule has 1 N–H and O–H groups in total. The van der Waals surface area contributed by atoms with E-state index in [4.69, 9.17) is 9.47 Å². The number of hydrogen-bond acceptors (Lipinski definition) is 7. The lowest BCUT2D eigenvalue weighted by atomic mass is 9.96. The van der Waals surface area contributed by atoms with E-state index in [1.54, 1.807) is 36.6 Å². The summed E-state index contributed by atoms with van der Waals surface area (Å²) in [6.07, 6.45) is 1.74. The predicted molar refractivity (Wildman–Crippen MR) is 134 cm³/mol. The van der Waals surface area contributed by atoms with Crippen molar-refractivity contribution in [2.75, 3.05) is 13.7 Å². The molecule has 1 aliphatic heterocycles. The molecule has 1 atom stereocenters. The molecule has 1 aliphatic rings. The molecule has 2 heterocycles. The van der Waals surface area contributed by atoms with Gasteiger partial charge in [0.15, 0.2) is 16.3 Å². The molecule has 0 saturated carbocycles. The molecule has 9 heteroatoms. The van der Waals surface area contributed by atoms with E-state index in [1.165, 1.54) is 18.4 Å². The van der Waals surface area contributed by atoms with Crippen molar-refractivity contribution >= 4 is 46.0 Å². The Labute approximate surface area is 207 Å². The van der Waals surface area contributed by atoms with Gasteiger partial charge < -0.3 is 14.6 Å². The van der Waals surface area contributed by atoms with E-state index in [9.17, 15) is 14.7 Å². The highest BCUT2D eigenvalue weighted by molar-refractivity contribution is 14.1. The molecule has 0 saturated heterocycles. The van der Waals surface area contributed by atoms with Gasteiger partial charge in [-0.25, -0.2) is 9.79 Å². The summed E-state index contributed by atoms with van der Waals surface area (Å²) in [4.78, 5) is 31.5. The fourth-order valence-electron chi connectivity index (χ4n) is 3.73. The number of phenols is 1. The van der Waals surface area contributed by atoms with Gasteiger partial charge in [0.2, 0.25) is 0 Å². The first-order chi connectivity index (χ1) is 15.8. The molecular formula is C24H21IN2O5S. The number of aromatic nitrogens is 1. The third-order valence-corrected chi connectivity index (χ3v) is 7.01. The minimum absolute atomic E-state index is 0.0514. The van der Waals surface area contributed by atoms with Crippen LogP contribution in [0.3, 0.4) is 0 Å². The van der Waals surface area contributed by atoms with Crippen LogP contribution in [0.25, 0.3) is 6.08 Å². The van der Waals surface area contributed by atoms with Gasteiger partial charge >= 0.3 is 5.97 Å². The van der Waals surface area contributed by atoms with Crippen LogP contribution >= 0.6 is 33.9 Å². The molecule has 0 bridgehead atoms. The number of benzene rings is 2. The number of ether oxygens (including phenoxy) is 2. The van der Waals surface area contributed by atoms with E-state index in [1.807, 2.05) is 52.9 Å². The van der Waals surface area contributed by atoms with Crippen LogP contribution < -0.4 is 19.6 Å². The van der Waals surface area contributed by atoms with Crippen molar-refractivity contribution in [1.29, 1.82) is 0 Å². The van der Waals surface area contributed by atoms with Crippen LogP contribution in [0.1, 0.15) is 31.0 Å². The molecule has 0 amide bonds. The van der Waals surface area contributed by atoms with Crippen molar-refractivity contribution in [3.8, 4) is 11.5 Å². The van der Waals surface area contributed by atoms with Gasteiger partial charge in [-0.2, -0.15) is 0 Å². The first kappa shape index (κ1) is 23.2. The number of esters is 1. The minimum atomic E-state index is -0.641. The Hall–Kier alpha value is -2.92. The van der Waals surface area contributed by atoms with Crippen LogP contribution in [0.4, 0.5) is 0 Å². The quantitative estimate of drug-likeness (QED) is 0.373. The molecule has 7 nitrogen and oxygen atoms in total. The summed E-state index contributed by atoms with van der Waals surface area (Å²) >= 11 is 3.26. The molecule has 0 radical (unpaired) electrons. The van der Waals surface area contributed by atoms with E-state index in [0.717, 1.165) is 5.56 Å². The standard InChI is InChI=1S/C24H21IN2O5S/c1-4-32-23(30)19-13(2)26-24-27(20(19)15-8-6-5-7-9-15)22(29)18(33-24)12-14-10-16(25)21(28)17(11-14)31-3/h5-12,20,28H,4H2,1-3H3. The first-order valence-corrected chi connectivity index (χ1v) is 12.1. The number of hydrogen-bond donors (Lipinski definition) is 1. The van der Waals surface area contributed by atoms with Crippen LogP contribution in [0.5, 0.6) is 11.5 Å². The second-order valence-corrected chi connectivity index (χ2v) is 9.44. The van der Waals surface area contributed by atoms with Gasteiger partial charge in [-0.3, -0.25) is 9.36 Å². The number of aromatic hydroxyl groups is 1. The highest BCUT2D eigenvalue weighted by Crippen LogP contribution is 2.33. The number of methoxy groups -OCH3 is 1. The van der Waals surface area contributed by atoms with Crippen LogP contribution in [0, 0.1) is 3.57 Å². The Bertz CT molecular complexity index is 1440. The Morgan fingerprint density at radius 2 is 2.03 bits per heavy atom. The molecule has 4 rings (SSSR count). The number of carbonyl (C=O) groups excluding carboxylic acids is 1. The highest BCUT2D eigenvalue weighted by Gasteiger charge is 2.33.